The van der Waals surface area contributed by atoms with Crippen molar-refractivity contribution in [1.29, 1.82) is 0 Å². The Bertz CT molecular complexity index is 636. The van der Waals surface area contributed by atoms with E-state index in [1.807, 2.05) is 0 Å². The van der Waals surface area contributed by atoms with Crippen LogP contribution in [0.1, 0.15) is 0 Å². The monoisotopic (exact) mass is 241 g/mol. The van der Waals surface area contributed by atoms with E-state index in [1.54, 1.807) is 12.1 Å². The van der Waals surface area contributed by atoms with Crippen LogP contribution >= 0.6 is 0 Å². The number of benzene rings is 2. The Morgan fingerprint density at radius 3 is 2.31 bits per heavy atom. The number of rotatable bonds is 2. The van der Waals surface area contributed by atoms with Gasteiger partial charge in [-0.3, -0.25) is 4.55 Å². The number of halogens is 1. The summed E-state index contributed by atoms with van der Waals surface area (Å²) in [7, 11) is -4.60. The van der Waals surface area contributed by atoms with Crippen LogP contribution in [0.3, 0.4) is 0 Å². The van der Waals surface area contributed by atoms with Crippen LogP contribution in [0.4, 0.5) is 4.39 Å². The third kappa shape index (κ3) is 2.12. The fraction of sp³-hybridized carbons (Fsp3) is 0. The standard InChI is InChI=1S/C10H7FO4S/c11-9-5-6-10(15-16(12,13)14)8-4-2-1-3-7(8)9/h1-6H,(H,12,13,14)/i11-1. The molecule has 4 nitrogen and oxygen atoms in total. The highest BCUT2D eigenvalue weighted by molar-refractivity contribution is 7.81. The van der Waals surface area contributed by atoms with Gasteiger partial charge in [0.05, 0.1) is 0 Å². The molecule has 0 amide bonds. The fourth-order valence-corrected chi connectivity index (χ4v) is 1.79. The first kappa shape index (κ1) is 10.8. The molecule has 6 heteroatoms. The molecular weight excluding hydrogens is 234 g/mol. The second kappa shape index (κ2) is 3.73. The number of fused-ring (bicyclic) bond motifs is 1. The van der Waals surface area contributed by atoms with E-state index in [4.69, 9.17) is 4.55 Å². The van der Waals surface area contributed by atoms with Crippen molar-refractivity contribution in [1.82, 2.24) is 0 Å². The van der Waals surface area contributed by atoms with Gasteiger partial charge in [0, 0.05) is 10.8 Å². The molecule has 0 fully saturated rings. The first-order valence-corrected chi connectivity index (χ1v) is 5.68. The minimum Gasteiger partial charge on any atom is -0.361 e. The van der Waals surface area contributed by atoms with Crippen molar-refractivity contribution in [3.8, 4) is 5.75 Å². The molecule has 0 aliphatic carbocycles. The summed E-state index contributed by atoms with van der Waals surface area (Å²) >= 11 is 0. The van der Waals surface area contributed by atoms with Crippen molar-refractivity contribution in [2.24, 2.45) is 0 Å². The lowest BCUT2D eigenvalue weighted by Gasteiger charge is -2.06. The van der Waals surface area contributed by atoms with Gasteiger partial charge in [-0.05, 0) is 12.1 Å². The molecule has 2 aromatic carbocycles. The van der Waals surface area contributed by atoms with Crippen LogP contribution in [0, 0.1) is 5.82 Å². The van der Waals surface area contributed by atoms with Gasteiger partial charge in [0.1, 0.15) is 5.82 Å². The second-order valence-electron chi connectivity index (χ2n) is 3.10. The molecule has 0 saturated heterocycles. The molecule has 0 aromatic heterocycles. The largest absolute Gasteiger partial charge is 0.446 e. The molecule has 0 aliphatic heterocycles. The van der Waals surface area contributed by atoms with E-state index in [0.717, 1.165) is 12.1 Å². The predicted octanol–water partition coefficient (Wildman–Crippen LogP) is 2.16. The highest BCUT2D eigenvalue weighted by Crippen LogP contribution is 2.28. The van der Waals surface area contributed by atoms with E-state index in [0.29, 0.717) is 0 Å². The predicted molar refractivity (Wildman–Crippen MR) is 56.1 cm³/mol. The highest BCUT2D eigenvalue weighted by atomic mass is 32.3. The van der Waals surface area contributed by atoms with Crippen molar-refractivity contribution in [3.63, 3.8) is 0 Å². The molecule has 2 aromatic rings. The van der Waals surface area contributed by atoms with Crippen molar-refractivity contribution >= 4 is 21.2 Å². The lowest BCUT2D eigenvalue weighted by atomic mass is 10.1. The summed E-state index contributed by atoms with van der Waals surface area (Å²) in [6.07, 6.45) is 0. The third-order valence-corrected chi connectivity index (χ3v) is 2.42. The van der Waals surface area contributed by atoms with Gasteiger partial charge in [-0.1, -0.05) is 24.3 Å². The van der Waals surface area contributed by atoms with Crippen molar-refractivity contribution in [2.75, 3.05) is 0 Å². The lowest BCUT2D eigenvalue weighted by molar-refractivity contribution is 0.388. The van der Waals surface area contributed by atoms with Crippen molar-refractivity contribution < 1.29 is 21.5 Å². The molecule has 16 heavy (non-hydrogen) atoms. The quantitative estimate of drug-likeness (QED) is 0.818. The summed E-state index contributed by atoms with van der Waals surface area (Å²) < 4.78 is 47.4. The first-order valence-electron chi connectivity index (χ1n) is 4.31. The van der Waals surface area contributed by atoms with Gasteiger partial charge in [0.2, 0.25) is 0 Å². The maximum absolute atomic E-state index is 13.3. The lowest BCUT2D eigenvalue weighted by Crippen LogP contribution is -2.07. The average Bonchev–Trinajstić information content (AvgIpc) is 2.21. The van der Waals surface area contributed by atoms with Gasteiger partial charge in [-0.2, -0.15) is 8.42 Å². The van der Waals surface area contributed by atoms with E-state index in [-0.39, 0.29) is 16.5 Å². The molecule has 0 saturated carbocycles. The Morgan fingerprint density at radius 1 is 1.06 bits per heavy atom. The molecule has 84 valence electrons. The van der Waals surface area contributed by atoms with E-state index in [1.165, 1.54) is 12.1 Å². The fourth-order valence-electron chi connectivity index (χ4n) is 1.42. The third-order valence-electron chi connectivity index (χ3n) is 2.03. The van der Waals surface area contributed by atoms with Crippen molar-refractivity contribution in [3.05, 3.63) is 42.2 Å². The van der Waals surface area contributed by atoms with Gasteiger partial charge in [0.25, 0.3) is 0 Å². The first-order chi connectivity index (χ1) is 7.47. The van der Waals surface area contributed by atoms with Gasteiger partial charge in [0.15, 0.2) is 5.75 Å². The molecule has 0 radical (unpaired) electrons. The summed E-state index contributed by atoms with van der Waals surface area (Å²) in [5, 5.41) is 0.503. The Balaban J connectivity index is 2.68. The molecule has 0 atom stereocenters. The second-order valence-corrected chi connectivity index (χ2v) is 4.12. The smallest absolute Gasteiger partial charge is 0.361 e. The zero-order chi connectivity index (χ0) is 11.8. The summed E-state index contributed by atoms with van der Waals surface area (Å²) in [6, 6.07) is 8.43. The van der Waals surface area contributed by atoms with Crippen LogP contribution in [0.25, 0.3) is 10.8 Å². The minimum atomic E-state index is -4.60. The summed E-state index contributed by atoms with van der Waals surface area (Å²) in [4.78, 5) is 0. The molecule has 0 unspecified atom stereocenters. The number of hydrogen-bond donors (Lipinski definition) is 1. The van der Waals surface area contributed by atoms with Gasteiger partial charge >= 0.3 is 10.4 Å². The van der Waals surface area contributed by atoms with Gasteiger partial charge < -0.3 is 4.18 Å². The Morgan fingerprint density at radius 2 is 1.69 bits per heavy atom. The Kier molecular flexibility index (Phi) is 2.53. The van der Waals surface area contributed by atoms with E-state index in [9.17, 15) is 12.8 Å². The van der Waals surface area contributed by atoms with Crippen molar-refractivity contribution in [2.45, 2.75) is 0 Å². The van der Waals surface area contributed by atoms with Crippen LogP contribution in [0.2, 0.25) is 0 Å². The molecule has 2 rings (SSSR count). The zero-order valence-electron chi connectivity index (χ0n) is 7.92. The Hall–Kier alpha value is -1.66. The van der Waals surface area contributed by atoms with Crippen LogP contribution in [-0.2, 0) is 10.4 Å². The topological polar surface area (TPSA) is 63.6 Å². The van der Waals surface area contributed by atoms with E-state index in [2.05, 4.69) is 4.18 Å². The molecule has 1 N–H and O–H groups in total. The van der Waals surface area contributed by atoms with Gasteiger partial charge in [-0.15, -0.1) is 0 Å². The van der Waals surface area contributed by atoms with Crippen LogP contribution in [-0.4, -0.2) is 13.0 Å². The summed E-state index contributed by atoms with van der Waals surface area (Å²) in [5.41, 5.74) is 0. The van der Waals surface area contributed by atoms with E-state index < -0.39 is 16.2 Å². The maximum atomic E-state index is 13.3. The zero-order valence-corrected chi connectivity index (χ0v) is 8.74. The Labute approximate surface area is 91.2 Å². The normalized spacial score (nSPS) is 11.6. The highest BCUT2D eigenvalue weighted by Gasteiger charge is 2.12. The average molecular weight is 241 g/mol. The molecule has 0 bridgehead atoms. The summed E-state index contributed by atoms with van der Waals surface area (Å²) in [5.74, 6) is -0.599. The molecule has 0 spiro atoms. The minimum absolute atomic E-state index is 0.112. The van der Waals surface area contributed by atoms with Gasteiger partial charge in [-0.25, -0.2) is 4.39 Å². The van der Waals surface area contributed by atoms with Crippen LogP contribution in [0.15, 0.2) is 36.4 Å². The number of hydrogen-bond acceptors (Lipinski definition) is 3. The van der Waals surface area contributed by atoms with Crippen LogP contribution in [0.5, 0.6) is 5.75 Å². The molecular formula is C10H7FO4S. The molecule has 0 heterocycles. The summed E-state index contributed by atoms with van der Waals surface area (Å²) in [6.45, 7) is 0. The molecule has 0 aliphatic rings. The maximum Gasteiger partial charge on any atom is 0.446 e. The van der Waals surface area contributed by atoms with E-state index >= 15 is 0 Å². The van der Waals surface area contributed by atoms with Crippen LogP contribution < -0.4 is 4.18 Å². The SMILES string of the molecule is O=S(=O)(O)Oc1ccc([18F])c2ccccc12.